The Bertz CT molecular complexity index is 547. The fourth-order valence-electron chi connectivity index (χ4n) is 2.33. The lowest BCUT2D eigenvalue weighted by molar-refractivity contribution is 0.131. The predicted molar refractivity (Wildman–Crippen MR) is 102 cm³/mol. The van der Waals surface area contributed by atoms with Crippen LogP contribution >= 0.6 is 0 Å². The fourth-order valence-corrected chi connectivity index (χ4v) is 2.33. The number of aliphatic imine (C=N–C) groups is 1. The third-order valence-corrected chi connectivity index (χ3v) is 3.70. The first-order valence-corrected chi connectivity index (χ1v) is 9.21. The Balaban J connectivity index is 1.87. The maximum Gasteiger partial charge on any atom is 0.195 e. The summed E-state index contributed by atoms with van der Waals surface area (Å²) in [6, 6.07) is 5.85. The summed E-state index contributed by atoms with van der Waals surface area (Å²) < 4.78 is 17.0. The molecule has 0 saturated heterocycles. The molecular formula is C19H31N3O3. The lowest BCUT2D eigenvalue weighted by Gasteiger charge is -2.14. The monoisotopic (exact) mass is 349 g/mol. The van der Waals surface area contributed by atoms with E-state index in [4.69, 9.17) is 14.2 Å². The maximum atomic E-state index is 5.73. The Morgan fingerprint density at radius 3 is 2.76 bits per heavy atom. The van der Waals surface area contributed by atoms with Crippen LogP contribution in [0.25, 0.3) is 0 Å². The molecular weight excluding hydrogens is 318 g/mol. The molecule has 1 aliphatic rings. The summed E-state index contributed by atoms with van der Waals surface area (Å²) in [6.07, 6.45) is 1.98. The molecule has 0 radical (unpaired) electrons. The second-order valence-electron chi connectivity index (χ2n) is 6.39. The van der Waals surface area contributed by atoms with Crippen LogP contribution in [0.5, 0.6) is 11.5 Å². The average Bonchev–Trinajstić information content (AvgIpc) is 2.82. The van der Waals surface area contributed by atoms with Gasteiger partial charge in [-0.25, -0.2) is 0 Å². The zero-order valence-corrected chi connectivity index (χ0v) is 15.6. The molecule has 25 heavy (non-hydrogen) atoms. The number of hydrogen-bond acceptors (Lipinski definition) is 4. The number of guanidine groups is 1. The first kappa shape index (κ1) is 19.4. The molecule has 1 aromatic rings. The Hall–Kier alpha value is -1.95. The van der Waals surface area contributed by atoms with Crippen molar-refractivity contribution >= 4 is 11.6 Å². The molecule has 6 nitrogen and oxygen atoms in total. The van der Waals surface area contributed by atoms with Crippen LogP contribution in [0.1, 0.15) is 33.6 Å². The summed E-state index contributed by atoms with van der Waals surface area (Å²) in [4.78, 5) is 4.55. The van der Waals surface area contributed by atoms with Gasteiger partial charge in [0, 0.05) is 31.3 Å². The Kier molecular flexibility index (Phi) is 8.39. The van der Waals surface area contributed by atoms with Gasteiger partial charge in [-0.1, -0.05) is 13.8 Å². The molecule has 0 aromatic heterocycles. The van der Waals surface area contributed by atoms with Gasteiger partial charge < -0.3 is 24.8 Å². The van der Waals surface area contributed by atoms with Crippen molar-refractivity contribution in [2.75, 3.05) is 44.8 Å². The normalized spacial score (nSPS) is 14.3. The highest BCUT2D eigenvalue weighted by Gasteiger charge is 2.11. The van der Waals surface area contributed by atoms with Gasteiger partial charge in [-0.2, -0.15) is 0 Å². The minimum Gasteiger partial charge on any atom is -0.490 e. The number of fused-ring (bicyclic) bond motifs is 1. The van der Waals surface area contributed by atoms with Crippen molar-refractivity contribution in [3.8, 4) is 11.5 Å². The third-order valence-electron chi connectivity index (χ3n) is 3.70. The second kappa shape index (κ2) is 10.8. The predicted octanol–water partition coefficient (Wildman–Crippen LogP) is 3.29. The van der Waals surface area contributed by atoms with Gasteiger partial charge in [-0.05, 0) is 31.4 Å². The first-order chi connectivity index (χ1) is 12.2. The Labute approximate surface area is 151 Å². The van der Waals surface area contributed by atoms with E-state index in [1.165, 1.54) is 0 Å². The highest BCUT2D eigenvalue weighted by atomic mass is 16.5. The number of ether oxygens (including phenoxy) is 3. The van der Waals surface area contributed by atoms with Crippen LogP contribution in [0.2, 0.25) is 0 Å². The third kappa shape index (κ3) is 7.22. The molecule has 0 fully saturated rings. The smallest absolute Gasteiger partial charge is 0.195 e. The molecule has 1 aromatic carbocycles. The Morgan fingerprint density at radius 2 is 2.00 bits per heavy atom. The van der Waals surface area contributed by atoms with E-state index in [1.54, 1.807) is 0 Å². The van der Waals surface area contributed by atoms with Crippen molar-refractivity contribution in [2.24, 2.45) is 10.9 Å². The van der Waals surface area contributed by atoms with E-state index in [9.17, 15) is 0 Å². The minimum atomic E-state index is 0.623. The van der Waals surface area contributed by atoms with Gasteiger partial charge in [-0.15, -0.1) is 0 Å². The van der Waals surface area contributed by atoms with Crippen molar-refractivity contribution in [2.45, 2.75) is 33.6 Å². The molecule has 0 amide bonds. The summed E-state index contributed by atoms with van der Waals surface area (Å²) >= 11 is 0. The van der Waals surface area contributed by atoms with E-state index in [0.29, 0.717) is 32.3 Å². The van der Waals surface area contributed by atoms with E-state index < -0.39 is 0 Å². The minimum absolute atomic E-state index is 0.623. The first-order valence-electron chi connectivity index (χ1n) is 9.21. The van der Waals surface area contributed by atoms with Gasteiger partial charge in [0.15, 0.2) is 17.5 Å². The number of nitrogens with zero attached hydrogens (tertiary/aromatic N) is 1. The highest BCUT2D eigenvalue weighted by Crippen LogP contribution is 2.32. The SMILES string of the molecule is CCNC(=NCCOCCC(C)C)Nc1ccc2c(c1)OCCCO2. The van der Waals surface area contributed by atoms with Crippen molar-refractivity contribution in [1.29, 1.82) is 0 Å². The highest BCUT2D eigenvalue weighted by molar-refractivity contribution is 5.93. The largest absolute Gasteiger partial charge is 0.490 e. The van der Waals surface area contributed by atoms with Crippen LogP contribution in [0, 0.1) is 5.92 Å². The van der Waals surface area contributed by atoms with Crippen LogP contribution in [0.3, 0.4) is 0 Å². The molecule has 0 aliphatic carbocycles. The van der Waals surface area contributed by atoms with Crippen LogP contribution < -0.4 is 20.1 Å². The standard InChI is InChI=1S/C19H31N3O3/c1-4-20-19(21-9-13-23-12-8-15(2)3)22-16-6-7-17-18(14-16)25-11-5-10-24-17/h6-7,14-15H,4-5,8-13H2,1-3H3,(H2,20,21,22). The van der Waals surface area contributed by atoms with Crippen LogP contribution in [0.4, 0.5) is 5.69 Å². The van der Waals surface area contributed by atoms with Gasteiger partial charge >= 0.3 is 0 Å². The second-order valence-corrected chi connectivity index (χ2v) is 6.39. The van der Waals surface area contributed by atoms with E-state index in [1.807, 2.05) is 25.1 Å². The van der Waals surface area contributed by atoms with Crippen LogP contribution in [0.15, 0.2) is 23.2 Å². The van der Waals surface area contributed by atoms with Crippen molar-refractivity contribution in [3.05, 3.63) is 18.2 Å². The molecule has 6 heteroatoms. The quantitative estimate of drug-likeness (QED) is 0.428. The van der Waals surface area contributed by atoms with Gasteiger partial charge in [-0.3, -0.25) is 4.99 Å². The summed E-state index contributed by atoms with van der Waals surface area (Å²) in [5.74, 6) is 2.98. The van der Waals surface area contributed by atoms with Gasteiger partial charge in [0.25, 0.3) is 0 Å². The average molecular weight is 349 g/mol. The summed E-state index contributed by atoms with van der Waals surface area (Å²) in [5.41, 5.74) is 0.921. The molecule has 1 heterocycles. The topological polar surface area (TPSA) is 64.1 Å². The number of hydrogen-bond donors (Lipinski definition) is 2. The molecule has 2 rings (SSSR count). The lowest BCUT2D eigenvalue weighted by Crippen LogP contribution is -2.31. The molecule has 2 N–H and O–H groups in total. The Morgan fingerprint density at radius 1 is 1.20 bits per heavy atom. The molecule has 0 bridgehead atoms. The van der Waals surface area contributed by atoms with Crippen molar-refractivity contribution in [3.63, 3.8) is 0 Å². The van der Waals surface area contributed by atoms with E-state index >= 15 is 0 Å². The molecule has 0 unspecified atom stereocenters. The van der Waals surface area contributed by atoms with Gasteiger partial charge in [0.2, 0.25) is 0 Å². The zero-order chi connectivity index (χ0) is 17.9. The maximum absolute atomic E-state index is 5.73. The lowest BCUT2D eigenvalue weighted by atomic mass is 10.1. The molecule has 1 aliphatic heterocycles. The summed E-state index contributed by atoms with van der Waals surface area (Å²) in [6.45, 7) is 10.7. The molecule has 0 spiro atoms. The van der Waals surface area contributed by atoms with Crippen LogP contribution in [-0.4, -0.2) is 45.5 Å². The molecule has 0 atom stereocenters. The van der Waals surface area contributed by atoms with E-state index in [2.05, 4.69) is 29.5 Å². The van der Waals surface area contributed by atoms with Crippen molar-refractivity contribution < 1.29 is 14.2 Å². The number of nitrogens with one attached hydrogen (secondary N) is 2. The van der Waals surface area contributed by atoms with Gasteiger partial charge in [0.05, 0.1) is 26.4 Å². The number of benzene rings is 1. The summed E-state index contributed by atoms with van der Waals surface area (Å²) in [5, 5.41) is 6.55. The van der Waals surface area contributed by atoms with E-state index in [-0.39, 0.29) is 0 Å². The molecule has 0 saturated carbocycles. The molecule has 140 valence electrons. The summed E-state index contributed by atoms with van der Waals surface area (Å²) in [7, 11) is 0. The number of rotatable bonds is 8. The van der Waals surface area contributed by atoms with Gasteiger partial charge in [0.1, 0.15) is 0 Å². The number of anilines is 1. The van der Waals surface area contributed by atoms with Crippen LogP contribution in [-0.2, 0) is 4.74 Å². The fraction of sp³-hybridized carbons (Fsp3) is 0.632. The van der Waals surface area contributed by atoms with E-state index in [0.717, 1.165) is 49.1 Å². The van der Waals surface area contributed by atoms with Crippen molar-refractivity contribution in [1.82, 2.24) is 5.32 Å². The zero-order valence-electron chi connectivity index (χ0n) is 15.6.